The molecule has 0 heterocycles. The van der Waals surface area contributed by atoms with Crippen LogP contribution < -0.4 is 0 Å². The average molecular weight is 246 g/mol. The molecule has 6 heteroatoms. The van der Waals surface area contributed by atoms with E-state index >= 15 is 0 Å². The molecule has 1 rings (SSSR count). The third kappa shape index (κ3) is 5.14. The van der Waals surface area contributed by atoms with Gasteiger partial charge in [-0.25, -0.2) is 4.79 Å². The molecule has 3 N–H and O–H groups in total. The average Bonchev–Trinajstić information content (AvgIpc) is 2.28. The summed E-state index contributed by atoms with van der Waals surface area (Å²) in [5.41, 5.74) is 0. The minimum Gasteiger partial charge on any atom is -0.479 e. The van der Waals surface area contributed by atoms with Crippen molar-refractivity contribution in [3.63, 3.8) is 0 Å². The summed E-state index contributed by atoms with van der Waals surface area (Å²) >= 11 is 0. The molecule has 1 aliphatic rings. The summed E-state index contributed by atoms with van der Waals surface area (Å²) < 4.78 is 4.89. The molecular weight excluding hydrogens is 228 g/mol. The molecule has 0 aromatic carbocycles. The van der Waals surface area contributed by atoms with Gasteiger partial charge in [-0.15, -0.1) is 0 Å². The normalized spacial score (nSPS) is 26.2. The van der Waals surface area contributed by atoms with Crippen LogP contribution in [0, 0.1) is 5.92 Å². The van der Waals surface area contributed by atoms with Crippen LogP contribution in [-0.2, 0) is 14.3 Å². The van der Waals surface area contributed by atoms with Crippen molar-refractivity contribution in [2.45, 2.75) is 44.3 Å². The van der Waals surface area contributed by atoms with E-state index in [0.717, 1.165) is 12.8 Å². The van der Waals surface area contributed by atoms with E-state index in [1.807, 2.05) is 0 Å². The summed E-state index contributed by atoms with van der Waals surface area (Å²) in [5, 5.41) is 26.6. The summed E-state index contributed by atoms with van der Waals surface area (Å²) in [6, 6.07) is 0. The number of rotatable bonds is 5. The Morgan fingerprint density at radius 1 is 1.24 bits per heavy atom. The lowest BCUT2D eigenvalue weighted by atomic mass is 9.88. The number of carboxylic acids is 1. The molecule has 0 aromatic heterocycles. The summed E-state index contributed by atoms with van der Waals surface area (Å²) in [5.74, 6) is -1.90. The number of carbonyl (C=O) groups excluding carboxylic acids is 1. The van der Waals surface area contributed by atoms with Crippen molar-refractivity contribution in [2.24, 2.45) is 5.92 Å². The van der Waals surface area contributed by atoms with Gasteiger partial charge in [0.05, 0.1) is 19.1 Å². The molecule has 1 saturated carbocycles. The Balaban J connectivity index is 2.17. The number of ether oxygens (including phenoxy) is 1. The molecule has 0 radical (unpaired) electrons. The van der Waals surface area contributed by atoms with Gasteiger partial charge in [0.2, 0.25) is 0 Å². The van der Waals surface area contributed by atoms with Crippen molar-refractivity contribution in [2.75, 3.05) is 6.61 Å². The van der Waals surface area contributed by atoms with Crippen molar-refractivity contribution in [1.29, 1.82) is 0 Å². The highest BCUT2D eigenvalue weighted by Gasteiger charge is 2.22. The fourth-order valence-electron chi connectivity index (χ4n) is 1.83. The van der Waals surface area contributed by atoms with E-state index in [4.69, 9.17) is 14.9 Å². The molecule has 1 unspecified atom stereocenters. The van der Waals surface area contributed by atoms with Gasteiger partial charge in [0.15, 0.2) is 6.10 Å². The molecule has 0 spiro atoms. The van der Waals surface area contributed by atoms with Gasteiger partial charge >= 0.3 is 11.9 Å². The predicted octanol–water partition coefficient (Wildman–Crippen LogP) is -0.0837. The van der Waals surface area contributed by atoms with E-state index in [9.17, 15) is 14.7 Å². The summed E-state index contributed by atoms with van der Waals surface area (Å²) in [7, 11) is 0. The van der Waals surface area contributed by atoms with Crippen molar-refractivity contribution in [1.82, 2.24) is 0 Å². The maximum atomic E-state index is 11.2. The van der Waals surface area contributed by atoms with Crippen LogP contribution in [0.2, 0.25) is 0 Å². The first kappa shape index (κ1) is 13.9. The predicted molar refractivity (Wildman–Crippen MR) is 57.2 cm³/mol. The van der Waals surface area contributed by atoms with Gasteiger partial charge in [0.1, 0.15) is 0 Å². The number of aliphatic carboxylic acids is 1. The first-order chi connectivity index (χ1) is 7.99. The topological polar surface area (TPSA) is 104 Å². The highest BCUT2D eigenvalue weighted by atomic mass is 16.5. The maximum absolute atomic E-state index is 11.2. The molecular formula is C11H18O6. The smallest absolute Gasteiger partial charge is 0.333 e. The zero-order valence-electron chi connectivity index (χ0n) is 9.54. The van der Waals surface area contributed by atoms with Gasteiger partial charge in [0.25, 0.3) is 0 Å². The second-order valence-electron chi connectivity index (χ2n) is 4.42. The third-order valence-electron chi connectivity index (χ3n) is 2.94. The van der Waals surface area contributed by atoms with Gasteiger partial charge < -0.3 is 20.1 Å². The zero-order valence-corrected chi connectivity index (χ0v) is 9.54. The van der Waals surface area contributed by atoms with E-state index in [-0.39, 0.29) is 18.6 Å². The maximum Gasteiger partial charge on any atom is 0.333 e. The van der Waals surface area contributed by atoms with Crippen LogP contribution in [0.5, 0.6) is 0 Å². The summed E-state index contributed by atoms with van der Waals surface area (Å²) in [6.07, 6.45) is 0.544. The molecule has 6 nitrogen and oxygen atoms in total. The monoisotopic (exact) mass is 246 g/mol. The Labute approximate surface area is 99.2 Å². The summed E-state index contributed by atoms with van der Waals surface area (Å²) in [4.78, 5) is 21.5. The van der Waals surface area contributed by atoms with Crippen LogP contribution in [0.4, 0.5) is 0 Å². The molecule has 1 aliphatic carbocycles. The van der Waals surface area contributed by atoms with Crippen molar-refractivity contribution in [3.8, 4) is 0 Å². The fraction of sp³-hybridized carbons (Fsp3) is 0.818. The van der Waals surface area contributed by atoms with Gasteiger partial charge in [0, 0.05) is 0 Å². The lowest BCUT2D eigenvalue weighted by molar-refractivity contribution is -0.156. The van der Waals surface area contributed by atoms with Gasteiger partial charge in [-0.3, -0.25) is 4.79 Å². The van der Waals surface area contributed by atoms with Crippen molar-refractivity contribution >= 4 is 11.9 Å². The second-order valence-corrected chi connectivity index (χ2v) is 4.42. The quantitative estimate of drug-likeness (QED) is 0.586. The van der Waals surface area contributed by atoms with Crippen LogP contribution >= 0.6 is 0 Å². The molecule has 0 amide bonds. The molecule has 17 heavy (non-hydrogen) atoms. The van der Waals surface area contributed by atoms with Gasteiger partial charge in [-0.05, 0) is 31.6 Å². The van der Waals surface area contributed by atoms with E-state index < -0.39 is 24.5 Å². The number of aliphatic hydroxyl groups excluding tert-OH is 2. The van der Waals surface area contributed by atoms with Gasteiger partial charge in [-0.2, -0.15) is 0 Å². The van der Waals surface area contributed by atoms with E-state index in [1.54, 1.807) is 0 Å². The van der Waals surface area contributed by atoms with Crippen molar-refractivity contribution in [3.05, 3.63) is 0 Å². The fourth-order valence-corrected chi connectivity index (χ4v) is 1.83. The standard InChI is InChI=1S/C11H18O6/c12-8-3-1-7(2-4-8)6-17-10(14)5-9(13)11(15)16/h7-9,12-13H,1-6H2,(H,15,16). The molecule has 1 fully saturated rings. The molecule has 0 saturated heterocycles. The SMILES string of the molecule is O=C(CC(O)C(=O)O)OCC1CCC(O)CC1. The lowest BCUT2D eigenvalue weighted by Gasteiger charge is -2.24. The Kier molecular flexibility index (Phi) is 5.37. The Morgan fingerprint density at radius 3 is 2.35 bits per heavy atom. The lowest BCUT2D eigenvalue weighted by Crippen LogP contribution is -2.27. The Hall–Kier alpha value is -1.14. The van der Waals surface area contributed by atoms with Gasteiger partial charge in [-0.1, -0.05) is 0 Å². The first-order valence-corrected chi connectivity index (χ1v) is 5.73. The number of hydrogen-bond donors (Lipinski definition) is 3. The number of esters is 1. The number of carbonyl (C=O) groups is 2. The second kappa shape index (κ2) is 6.56. The molecule has 1 atom stereocenters. The number of aliphatic hydroxyl groups is 2. The van der Waals surface area contributed by atoms with Crippen LogP contribution in [0.15, 0.2) is 0 Å². The van der Waals surface area contributed by atoms with Crippen molar-refractivity contribution < 1.29 is 29.6 Å². The molecule has 98 valence electrons. The van der Waals surface area contributed by atoms with E-state index in [0.29, 0.717) is 12.8 Å². The van der Waals surface area contributed by atoms with Crippen LogP contribution in [0.1, 0.15) is 32.1 Å². The highest BCUT2D eigenvalue weighted by Crippen LogP contribution is 2.24. The van der Waals surface area contributed by atoms with E-state index in [2.05, 4.69) is 0 Å². The summed E-state index contributed by atoms with van der Waals surface area (Å²) in [6.45, 7) is 0.234. The largest absolute Gasteiger partial charge is 0.479 e. The van der Waals surface area contributed by atoms with Crippen LogP contribution in [0.3, 0.4) is 0 Å². The highest BCUT2D eigenvalue weighted by molar-refractivity contribution is 5.80. The van der Waals surface area contributed by atoms with Crippen LogP contribution in [-0.4, -0.2) is 46.1 Å². The minimum atomic E-state index is -1.70. The molecule has 0 aliphatic heterocycles. The Bertz CT molecular complexity index is 269. The van der Waals surface area contributed by atoms with E-state index in [1.165, 1.54) is 0 Å². The third-order valence-corrected chi connectivity index (χ3v) is 2.94. The Morgan fingerprint density at radius 2 is 1.82 bits per heavy atom. The van der Waals surface area contributed by atoms with Crippen LogP contribution in [0.25, 0.3) is 0 Å². The first-order valence-electron chi connectivity index (χ1n) is 5.73. The zero-order chi connectivity index (χ0) is 12.8. The molecule has 0 aromatic rings. The minimum absolute atomic E-state index is 0.226. The number of hydrogen-bond acceptors (Lipinski definition) is 5. The molecule has 0 bridgehead atoms. The number of carboxylic acid groups (broad SMARTS) is 1.